The van der Waals surface area contributed by atoms with Gasteiger partial charge in [-0.2, -0.15) is 0 Å². The Morgan fingerprint density at radius 2 is 1.27 bits per heavy atom. The third-order valence-corrected chi connectivity index (χ3v) is 7.01. The van der Waals surface area contributed by atoms with Crippen molar-refractivity contribution in [2.75, 3.05) is 0 Å². The van der Waals surface area contributed by atoms with Crippen molar-refractivity contribution in [3.63, 3.8) is 0 Å². The molecular weight excluding hydrogens is 464 g/mol. The van der Waals surface area contributed by atoms with Crippen molar-refractivity contribution < 1.29 is 21.9 Å². The van der Waals surface area contributed by atoms with Crippen molar-refractivity contribution in [2.24, 2.45) is 7.05 Å². The fourth-order valence-electron chi connectivity index (χ4n) is 5.01. The molecule has 37 heavy (non-hydrogen) atoms. The summed E-state index contributed by atoms with van der Waals surface area (Å²) in [5.41, 5.74) is 6.71. The smallest absolute Gasteiger partial charge is 0.219 e. The number of fused-ring (bicyclic) bond motifs is 3. The van der Waals surface area contributed by atoms with Gasteiger partial charge in [-0.1, -0.05) is 66.2 Å². The molecule has 0 spiro atoms. The fourth-order valence-corrected chi connectivity index (χ4v) is 5.01. The largest absolute Gasteiger partial charge is 0.454 e. The van der Waals surface area contributed by atoms with Crippen LogP contribution in [0.5, 0.6) is 0 Å². The first-order chi connectivity index (χ1) is 19.0. The van der Waals surface area contributed by atoms with Gasteiger partial charge in [-0.25, -0.2) is 13.3 Å². The highest BCUT2D eigenvalue weighted by atomic mass is 19.1. The maximum Gasteiger partial charge on any atom is 0.219 e. The summed E-state index contributed by atoms with van der Waals surface area (Å²) in [6.07, 6.45) is 1.29. The Morgan fingerprint density at radius 1 is 0.676 bits per heavy atom. The third kappa shape index (κ3) is 3.80. The van der Waals surface area contributed by atoms with Gasteiger partial charge >= 0.3 is 0 Å². The summed E-state index contributed by atoms with van der Waals surface area (Å²) >= 11 is 0. The Kier molecular flexibility index (Phi) is 4.64. The van der Waals surface area contributed by atoms with Gasteiger partial charge in [-0.15, -0.1) is 0 Å². The van der Waals surface area contributed by atoms with Crippen LogP contribution in [0.3, 0.4) is 0 Å². The van der Waals surface area contributed by atoms with Crippen molar-refractivity contribution >= 4 is 21.9 Å². The molecule has 2 aromatic heterocycles. The minimum atomic E-state index is -2.58. The zero-order valence-corrected chi connectivity index (χ0v) is 20.7. The van der Waals surface area contributed by atoms with Crippen molar-refractivity contribution in [1.82, 2.24) is 0 Å². The quantitative estimate of drug-likeness (QED) is 0.226. The number of furan rings is 1. The van der Waals surface area contributed by atoms with Crippen LogP contribution in [-0.4, -0.2) is 0 Å². The van der Waals surface area contributed by atoms with E-state index in [0.717, 1.165) is 27.5 Å². The molecule has 2 heterocycles. The minimum absolute atomic E-state index is 0.348. The number of aromatic nitrogens is 1. The summed E-state index contributed by atoms with van der Waals surface area (Å²) in [7, 11) is 1.67. The number of aryl methyl sites for hydroxylation is 4. The SMILES string of the molecule is [2H]C([2H])([2H])c1c[n+](C)c(-c2c(C)ccc3c2oc2c(-c4ccc(-c5ccc(C)cc5)cc4)c(F)ccc23)cc1F. The molecule has 4 aromatic carbocycles. The molecule has 6 rings (SSSR count). The van der Waals surface area contributed by atoms with Crippen LogP contribution in [-0.2, 0) is 7.05 Å². The molecule has 182 valence electrons. The molecule has 6 aromatic rings. The lowest BCUT2D eigenvalue weighted by Gasteiger charge is -2.07. The van der Waals surface area contributed by atoms with Crippen LogP contribution in [0.1, 0.15) is 20.8 Å². The molecule has 0 fully saturated rings. The molecule has 0 aliphatic rings. The molecule has 0 saturated heterocycles. The van der Waals surface area contributed by atoms with Crippen LogP contribution in [0.2, 0.25) is 0 Å². The first kappa shape index (κ1) is 19.8. The predicted molar refractivity (Wildman–Crippen MR) is 145 cm³/mol. The molecule has 0 atom stereocenters. The second-order valence-corrected chi connectivity index (χ2v) is 9.51. The standard InChI is InChI=1S/C33H26F2NO/c1-19-5-8-22(9-6-19)23-10-12-24(13-11-23)31-27(34)16-15-26-25-14-7-20(2)30(32(25)37-33(26)31)29-17-28(35)21(3)18-36(29)4/h5-18H,1-4H3/q+1/i3D3. The highest BCUT2D eigenvalue weighted by Gasteiger charge is 2.24. The molecule has 0 radical (unpaired) electrons. The normalized spacial score (nSPS) is 13.1. The van der Waals surface area contributed by atoms with Gasteiger partial charge in [-0.3, -0.25) is 0 Å². The Labute approximate surface area is 218 Å². The Balaban J connectivity index is 1.55. The zero-order chi connectivity index (χ0) is 28.3. The van der Waals surface area contributed by atoms with E-state index in [-0.39, 0.29) is 5.56 Å². The maximum atomic E-state index is 15.4. The van der Waals surface area contributed by atoms with Crippen LogP contribution in [0, 0.1) is 32.3 Å². The molecular formula is C33H26F2NO+. The first-order valence-electron chi connectivity index (χ1n) is 13.5. The minimum Gasteiger partial charge on any atom is -0.454 e. The fraction of sp³-hybridized carbons (Fsp3) is 0.121. The third-order valence-electron chi connectivity index (χ3n) is 7.01. The summed E-state index contributed by atoms with van der Waals surface area (Å²) in [5.74, 6) is -1.23. The van der Waals surface area contributed by atoms with Gasteiger partial charge in [0.25, 0.3) is 0 Å². The molecule has 0 bridgehead atoms. The zero-order valence-electron chi connectivity index (χ0n) is 23.7. The van der Waals surface area contributed by atoms with E-state index < -0.39 is 18.5 Å². The number of hydrogen-bond acceptors (Lipinski definition) is 1. The summed E-state index contributed by atoms with van der Waals surface area (Å²) < 4.78 is 61.4. The first-order valence-corrected chi connectivity index (χ1v) is 12.0. The van der Waals surface area contributed by atoms with Gasteiger partial charge in [0.05, 0.1) is 11.1 Å². The van der Waals surface area contributed by atoms with Gasteiger partial charge in [0.1, 0.15) is 29.8 Å². The molecule has 4 heteroatoms. The van der Waals surface area contributed by atoms with E-state index in [1.807, 2.05) is 50.2 Å². The molecule has 2 nitrogen and oxygen atoms in total. The number of benzene rings is 4. The molecule has 0 aliphatic carbocycles. The van der Waals surface area contributed by atoms with Gasteiger partial charge in [0.2, 0.25) is 5.69 Å². The number of nitrogens with zero attached hydrogens (tertiary/aromatic N) is 1. The van der Waals surface area contributed by atoms with Gasteiger partial charge in [0.15, 0.2) is 6.20 Å². The van der Waals surface area contributed by atoms with E-state index >= 15 is 8.78 Å². The highest BCUT2D eigenvalue weighted by Crippen LogP contribution is 2.42. The Morgan fingerprint density at radius 3 is 1.95 bits per heavy atom. The van der Waals surface area contributed by atoms with E-state index in [2.05, 4.69) is 24.3 Å². The van der Waals surface area contributed by atoms with Crippen LogP contribution in [0.25, 0.3) is 55.4 Å². The molecule has 0 saturated carbocycles. The van der Waals surface area contributed by atoms with E-state index in [1.165, 1.54) is 23.9 Å². The van der Waals surface area contributed by atoms with Crippen molar-refractivity contribution in [2.45, 2.75) is 20.7 Å². The lowest BCUT2D eigenvalue weighted by Crippen LogP contribution is -2.31. The summed E-state index contributed by atoms with van der Waals surface area (Å²) in [6, 6.07) is 24.1. The van der Waals surface area contributed by atoms with E-state index in [0.29, 0.717) is 33.6 Å². The topological polar surface area (TPSA) is 17.0 Å². The number of hydrogen-bond donors (Lipinski definition) is 0. The average molecular weight is 494 g/mol. The van der Waals surface area contributed by atoms with Crippen LogP contribution in [0.4, 0.5) is 8.78 Å². The summed E-state index contributed by atoms with van der Waals surface area (Å²) in [5, 5.41) is 1.49. The molecule has 0 aliphatic heterocycles. The van der Waals surface area contributed by atoms with E-state index in [1.54, 1.807) is 17.7 Å². The number of halogens is 2. The predicted octanol–water partition coefficient (Wildman–Crippen LogP) is 8.61. The lowest BCUT2D eigenvalue weighted by atomic mass is 9.97. The van der Waals surface area contributed by atoms with Crippen LogP contribution < -0.4 is 4.57 Å². The molecule has 0 amide bonds. The van der Waals surface area contributed by atoms with Gasteiger partial charge < -0.3 is 4.42 Å². The lowest BCUT2D eigenvalue weighted by molar-refractivity contribution is -0.661. The number of pyridine rings is 1. The van der Waals surface area contributed by atoms with Crippen LogP contribution >= 0.6 is 0 Å². The second kappa shape index (κ2) is 8.67. The number of rotatable bonds is 3. The highest BCUT2D eigenvalue weighted by molar-refractivity contribution is 6.13. The van der Waals surface area contributed by atoms with Gasteiger partial charge in [-0.05, 0) is 55.1 Å². The average Bonchev–Trinajstić information content (AvgIpc) is 3.28. The van der Waals surface area contributed by atoms with E-state index in [9.17, 15) is 0 Å². The monoisotopic (exact) mass is 493 g/mol. The summed E-state index contributed by atoms with van der Waals surface area (Å²) in [4.78, 5) is 0. The molecule has 0 N–H and O–H groups in total. The Hall–Kier alpha value is -4.31. The Bertz CT molecular complexity index is 1920. The van der Waals surface area contributed by atoms with E-state index in [4.69, 9.17) is 8.53 Å². The maximum absolute atomic E-state index is 15.4. The summed E-state index contributed by atoms with van der Waals surface area (Å²) in [6.45, 7) is 1.34. The van der Waals surface area contributed by atoms with Crippen molar-refractivity contribution in [3.8, 4) is 33.5 Å². The van der Waals surface area contributed by atoms with Crippen molar-refractivity contribution in [3.05, 3.63) is 113 Å². The van der Waals surface area contributed by atoms with Gasteiger partial charge in [0, 0.05) is 26.5 Å². The van der Waals surface area contributed by atoms with Crippen LogP contribution in [0.15, 0.2) is 89.5 Å². The second-order valence-electron chi connectivity index (χ2n) is 9.51. The molecule has 0 unspecified atom stereocenters. The van der Waals surface area contributed by atoms with Crippen molar-refractivity contribution in [1.29, 1.82) is 0 Å².